The average molecular weight is 351 g/mol. The van der Waals surface area contributed by atoms with Crippen molar-refractivity contribution in [1.29, 1.82) is 0 Å². The monoisotopic (exact) mass is 350 g/mol. The van der Waals surface area contributed by atoms with Crippen LogP contribution in [-0.2, 0) is 12.8 Å². The Hall–Kier alpha value is -1.20. The molecule has 0 aliphatic rings. The third-order valence-electron chi connectivity index (χ3n) is 3.56. The van der Waals surface area contributed by atoms with Crippen LogP contribution in [0.4, 0.5) is 0 Å². The molecule has 0 fully saturated rings. The predicted octanol–water partition coefficient (Wildman–Crippen LogP) is 3.83. The highest BCUT2D eigenvalue weighted by atomic mass is 79.9. The molecule has 4 nitrogen and oxygen atoms in total. The van der Waals surface area contributed by atoms with Crippen LogP contribution in [0.5, 0.6) is 0 Å². The second kappa shape index (κ2) is 7.18. The van der Waals surface area contributed by atoms with Gasteiger partial charge in [0, 0.05) is 23.4 Å². The Bertz CT molecular complexity index is 606. The van der Waals surface area contributed by atoms with E-state index < -0.39 is 0 Å². The first-order valence-electron chi connectivity index (χ1n) is 7.58. The van der Waals surface area contributed by atoms with Gasteiger partial charge in [-0.2, -0.15) is 5.10 Å². The van der Waals surface area contributed by atoms with Gasteiger partial charge in [-0.05, 0) is 47.1 Å². The highest BCUT2D eigenvalue weighted by Gasteiger charge is 2.13. The van der Waals surface area contributed by atoms with Gasteiger partial charge in [0.15, 0.2) is 5.82 Å². The molecule has 0 aliphatic carbocycles. The molecule has 21 heavy (non-hydrogen) atoms. The molecule has 0 spiro atoms. The molecule has 0 saturated heterocycles. The van der Waals surface area contributed by atoms with Crippen molar-refractivity contribution in [3.05, 3.63) is 39.9 Å². The van der Waals surface area contributed by atoms with Gasteiger partial charge in [-0.3, -0.25) is 0 Å². The molecular formula is C16H23BrN4. The number of nitrogens with zero attached hydrogens (tertiary/aromatic N) is 3. The van der Waals surface area contributed by atoms with Crippen molar-refractivity contribution < 1.29 is 0 Å². The first-order valence-corrected chi connectivity index (χ1v) is 8.37. The molecule has 2 aromatic rings. The lowest BCUT2D eigenvalue weighted by Gasteiger charge is -2.15. The summed E-state index contributed by atoms with van der Waals surface area (Å²) < 4.78 is 3.00. The van der Waals surface area contributed by atoms with E-state index >= 15 is 0 Å². The van der Waals surface area contributed by atoms with E-state index in [1.807, 2.05) is 4.68 Å². The average Bonchev–Trinajstić information content (AvgIpc) is 2.90. The zero-order valence-corrected chi connectivity index (χ0v) is 14.7. The molecular weight excluding hydrogens is 328 g/mol. The van der Waals surface area contributed by atoms with Gasteiger partial charge in [0.05, 0.1) is 5.69 Å². The standard InChI is InChI=1S/C16H23BrN4/c1-5-15-19-16(6-2)21(20-15)14-9-8-12(10-13(14)17)11(4)18-7-3/h8-11,18H,5-7H2,1-4H3. The Morgan fingerprint density at radius 2 is 2.00 bits per heavy atom. The summed E-state index contributed by atoms with van der Waals surface area (Å²) in [4.78, 5) is 4.57. The number of halogens is 1. The Balaban J connectivity index is 2.39. The molecule has 1 N–H and O–H groups in total. The van der Waals surface area contributed by atoms with Crippen LogP contribution in [-0.4, -0.2) is 21.3 Å². The van der Waals surface area contributed by atoms with E-state index in [9.17, 15) is 0 Å². The van der Waals surface area contributed by atoms with E-state index in [2.05, 4.69) is 77.2 Å². The lowest BCUT2D eigenvalue weighted by molar-refractivity contribution is 0.597. The van der Waals surface area contributed by atoms with Gasteiger partial charge in [0.25, 0.3) is 0 Å². The Morgan fingerprint density at radius 3 is 2.57 bits per heavy atom. The van der Waals surface area contributed by atoms with Crippen LogP contribution >= 0.6 is 15.9 Å². The summed E-state index contributed by atoms with van der Waals surface area (Å²) in [6.45, 7) is 9.44. The number of aryl methyl sites for hydroxylation is 2. The molecule has 1 heterocycles. The maximum Gasteiger partial charge on any atom is 0.151 e. The fourth-order valence-corrected chi connectivity index (χ4v) is 2.92. The third-order valence-corrected chi connectivity index (χ3v) is 4.20. The minimum atomic E-state index is 0.341. The molecule has 1 aromatic heterocycles. The minimum absolute atomic E-state index is 0.341. The van der Waals surface area contributed by atoms with Crippen LogP contribution in [0.25, 0.3) is 5.69 Å². The number of aromatic nitrogens is 3. The van der Waals surface area contributed by atoms with Gasteiger partial charge in [-0.25, -0.2) is 9.67 Å². The zero-order chi connectivity index (χ0) is 15.4. The van der Waals surface area contributed by atoms with Crippen LogP contribution < -0.4 is 5.32 Å². The maximum absolute atomic E-state index is 4.60. The summed E-state index contributed by atoms with van der Waals surface area (Å²) >= 11 is 3.68. The van der Waals surface area contributed by atoms with Crippen LogP contribution in [0.1, 0.15) is 50.9 Å². The van der Waals surface area contributed by atoms with Gasteiger partial charge in [-0.1, -0.05) is 26.8 Å². The number of hydrogen-bond acceptors (Lipinski definition) is 3. The highest BCUT2D eigenvalue weighted by molar-refractivity contribution is 9.10. The smallest absolute Gasteiger partial charge is 0.151 e. The topological polar surface area (TPSA) is 42.7 Å². The van der Waals surface area contributed by atoms with Crippen molar-refractivity contribution >= 4 is 15.9 Å². The molecule has 0 bridgehead atoms. The molecule has 5 heteroatoms. The SMILES string of the molecule is CCNC(C)c1ccc(-n2nc(CC)nc2CC)c(Br)c1. The number of hydrogen-bond donors (Lipinski definition) is 1. The first kappa shape index (κ1) is 16.2. The van der Waals surface area contributed by atoms with Crippen molar-refractivity contribution in [2.45, 2.75) is 46.6 Å². The molecule has 1 atom stereocenters. The van der Waals surface area contributed by atoms with Crippen molar-refractivity contribution in [2.75, 3.05) is 6.54 Å². The van der Waals surface area contributed by atoms with Crippen molar-refractivity contribution in [3.63, 3.8) is 0 Å². The van der Waals surface area contributed by atoms with Gasteiger partial charge in [-0.15, -0.1) is 0 Å². The second-order valence-corrected chi connectivity index (χ2v) is 5.91. The summed E-state index contributed by atoms with van der Waals surface area (Å²) in [7, 11) is 0. The van der Waals surface area contributed by atoms with E-state index in [0.717, 1.165) is 41.2 Å². The summed E-state index contributed by atoms with van der Waals surface area (Å²) in [5.74, 6) is 1.89. The molecule has 1 aromatic carbocycles. The van der Waals surface area contributed by atoms with Gasteiger partial charge in [0.2, 0.25) is 0 Å². The van der Waals surface area contributed by atoms with Crippen molar-refractivity contribution in [2.24, 2.45) is 0 Å². The number of rotatable bonds is 6. The van der Waals surface area contributed by atoms with Gasteiger partial charge in [0.1, 0.15) is 5.82 Å². The Kier molecular flexibility index (Phi) is 5.53. The van der Waals surface area contributed by atoms with Crippen LogP contribution in [0.3, 0.4) is 0 Å². The van der Waals surface area contributed by atoms with Crippen LogP contribution in [0.2, 0.25) is 0 Å². The summed E-state index contributed by atoms with van der Waals surface area (Å²) in [5, 5.41) is 8.03. The fourth-order valence-electron chi connectivity index (χ4n) is 2.35. The fraction of sp³-hybridized carbons (Fsp3) is 0.500. The molecule has 0 saturated carbocycles. The summed E-state index contributed by atoms with van der Waals surface area (Å²) in [5.41, 5.74) is 2.31. The maximum atomic E-state index is 4.60. The number of benzene rings is 1. The number of nitrogens with one attached hydrogen (secondary N) is 1. The third kappa shape index (κ3) is 3.52. The lowest BCUT2D eigenvalue weighted by Crippen LogP contribution is -2.17. The van der Waals surface area contributed by atoms with Crippen molar-refractivity contribution in [3.8, 4) is 5.69 Å². The lowest BCUT2D eigenvalue weighted by atomic mass is 10.1. The molecule has 0 amide bonds. The quantitative estimate of drug-likeness (QED) is 0.860. The zero-order valence-electron chi connectivity index (χ0n) is 13.2. The van der Waals surface area contributed by atoms with E-state index in [1.54, 1.807) is 0 Å². The van der Waals surface area contributed by atoms with Gasteiger partial charge < -0.3 is 5.32 Å². The minimum Gasteiger partial charge on any atom is -0.310 e. The normalized spacial score (nSPS) is 12.6. The van der Waals surface area contributed by atoms with E-state index in [0.29, 0.717) is 6.04 Å². The predicted molar refractivity (Wildman–Crippen MR) is 89.9 cm³/mol. The first-order chi connectivity index (χ1) is 10.1. The Morgan fingerprint density at radius 1 is 1.24 bits per heavy atom. The second-order valence-electron chi connectivity index (χ2n) is 5.05. The summed E-state index contributed by atoms with van der Waals surface area (Å²) in [6.07, 6.45) is 1.72. The van der Waals surface area contributed by atoms with Crippen LogP contribution in [0.15, 0.2) is 22.7 Å². The van der Waals surface area contributed by atoms with Crippen molar-refractivity contribution in [1.82, 2.24) is 20.1 Å². The Labute approximate surface area is 135 Å². The van der Waals surface area contributed by atoms with E-state index in [4.69, 9.17) is 0 Å². The van der Waals surface area contributed by atoms with E-state index in [1.165, 1.54) is 5.56 Å². The molecule has 1 unspecified atom stereocenters. The van der Waals surface area contributed by atoms with Gasteiger partial charge >= 0.3 is 0 Å². The van der Waals surface area contributed by atoms with Crippen LogP contribution in [0, 0.1) is 0 Å². The van der Waals surface area contributed by atoms with E-state index in [-0.39, 0.29) is 0 Å². The molecule has 0 aliphatic heterocycles. The molecule has 114 valence electrons. The largest absolute Gasteiger partial charge is 0.310 e. The molecule has 2 rings (SSSR count). The highest BCUT2D eigenvalue weighted by Crippen LogP contribution is 2.26. The molecule has 0 radical (unpaired) electrons. The summed E-state index contributed by atoms with van der Waals surface area (Å²) in [6, 6.07) is 6.77.